The molecule has 4 N–H and O–H groups in total. The van der Waals surface area contributed by atoms with E-state index in [4.69, 9.17) is 32.7 Å². The van der Waals surface area contributed by atoms with Gasteiger partial charge in [-0.3, -0.25) is 18.9 Å². The second-order valence-corrected chi connectivity index (χ2v) is 19.0. The van der Waals surface area contributed by atoms with Gasteiger partial charge in [-0.15, -0.1) is 5.11 Å². The van der Waals surface area contributed by atoms with Crippen LogP contribution in [0.15, 0.2) is 169 Å². The van der Waals surface area contributed by atoms with E-state index in [0.717, 1.165) is 0 Å². The van der Waals surface area contributed by atoms with Crippen molar-refractivity contribution in [1.29, 1.82) is 0 Å². The number of carbonyl (C=O) groups is 1. The minimum atomic E-state index is -4.54. The number of ether oxygens (including phenoxy) is 2. The number of azo groups is 2. The number of aliphatic imine (C=N–C) groups is 1. The molecule has 0 saturated carbocycles. The molecule has 0 radical (unpaired) electrons. The summed E-state index contributed by atoms with van der Waals surface area (Å²) < 4.78 is 75.3. The van der Waals surface area contributed by atoms with E-state index in [-0.39, 0.29) is 92.8 Å². The van der Waals surface area contributed by atoms with Crippen LogP contribution in [0.25, 0.3) is 21.5 Å². The van der Waals surface area contributed by atoms with E-state index in [1.807, 2.05) is 0 Å². The van der Waals surface area contributed by atoms with Crippen molar-refractivity contribution in [3.63, 3.8) is 0 Å². The van der Waals surface area contributed by atoms with Gasteiger partial charge in [0.05, 0.1) is 52.6 Å². The molecule has 0 atom stereocenters. The smallest absolute Gasteiger partial charge is 0.871 e. The maximum atomic E-state index is 13.3. The number of benzene rings is 8. The number of hydrogen-bond donors (Lipinski definition) is 4. The van der Waals surface area contributed by atoms with Gasteiger partial charge < -0.3 is 30.1 Å². The van der Waals surface area contributed by atoms with Crippen molar-refractivity contribution in [3.05, 3.63) is 166 Å². The van der Waals surface area contributed by atoms with Crippen molar-refractivity contribution < 1.29 is 55.5 Å². The molecule has 0 saturated heterocycles. The molecule has 73 heavy (non-hydrogen) atoms. The third kappa shape index (κ3) is 13.1. The molecule has 0 aliphatic carbocycles. The molecule has 8 aromatic carbocycles. The number of phenols is 1. The number of carbonyl (C=O) groups excluding carboxylic acids is 1. The van der Waals surface area contributed by atoms with Crippen LogP contribution in [-0.4, -0.2) is 94.8 Å². The summed E-state index contributed by atoms with van der Waals surface area (Å²) in [7, 11) is -6.06. The SMILES string of the molecule is COc1cccc(N=C([O-])c2cc3ccccc3c(N=Nc3cc(C)c(S(=O)(=O)O)c(Cl)c3)c2[O-])c1.COc1cccc(NC(=O)c2cc3ccccc3c(N=Nc3cc(C)c(S(=O)(=O)O)c(Cl)c3)c2O)c1.[Ca+2]. The number of anilines is 1. The predicted octanol–water partition coefficient (Wildman–Crippen LogP) is 11.0. The standard InChI is InChI=1S/2C25H20ClN3O6S.Ca/c2*1-14-10-17(13-21(26)24(14)36(32,33)34)28-29-22-19-9-4-3-6-15(19)11-20(23(22)30)25(31)27-16-7-5-8-18(12-16)35-2;/h2*3-13,30H,1-2H3,(H,27,31)(H,32,33,34);/q;;+2/p-2. The Balaban J connectivity index is 0.000000235. The summed E-state index contributed by atoms with van der Waals surface area (Å²) >= 11 is 12.1. The molecule has 8 aromatic rings. The zero-order chi connectivity index (χ0) is 52.1. The van der Waals surface area contributed by atoms with Crippen LogP contribution in [0.2, 0.25) is 10.0 Å². The summed E-state index contributed by atoms with van der Waals surface area (Å²) in [6.45, 7) is 2.88. The first-order chi connectivity index (χ1) is 34.2. The van der Waals surface area contributed by atoms with Gasteiger partial charge >= 0.3 is 37.7 Å². The second kappa shape index (κ2) is 23.4. The zero-order valence-corrected chi connectivity index (χ0v) is 44.1. The Morgan fingerprint density at radius 1 is 0.603 bits per heavy atom. The number of nitrogens with one attached hydrogen (secondary N) is 1. The summed E-state index contributed by atoms with van der Waals surface area (Å²) in [5.41, 5.74) is 1.15. The van der Waals surface area contributed by atoms with Crippen molar-refractivity contribution in [3.8, 4) is 23.0 Å². The van der Waals surface area contributed by atoms with Gasteiger partial charge in [-0.2, -0.15) is 32.2 Å². The van der Waals surface area contributed by atoms with E-state index < -0.39 is 53.3 Å². The fraction of sp³-hybridized carbons (Fsp3) is 0.0800. The summed E-state index contributed by atoms with van der Waals surface area (Å²) in [6.07, 6.45) is 0. The van der Waals surface area contributed by atoms with Crippen LogP contribution in [0.4, 0.5) is 34.1 Å². The zero-order valence-electron chi connectivity index (χ0n) is 38.7. The van der Waals surface area contributed by atoms with E-state index in [1.165, 1.54) is 58.4 Å². The summed E-state index contributed by atoms with van der Waals surface area (Å²) in [5, 5.41) is 58.1. The number of aryl methyl sites for hydroxylation is 2. The first-order valence-corrected chi connectivity index (χ1v) is 24.5. The minimum absolute atomic E-state index is 0. The van der Waals surface area contributed by atoms with Crippen LogP contribution in [0, 0.1) is 13.8 Å². The van der Waals surface area contributed by atoms with Crippen LogP contribution in [0.3, 0.4) is 0 Å². The molecule has 0 unspecified atom stereocenters. The quantitative estimate of drug-likeness (QED) is 0.0292. The average molecular weight is 1090 g/mol. The van der Waals surface area contributed by atoms with Gasteiger partial charge in [0.25, 0.3) is 26.1 Å². The molecule has 0 aliphatic heterocycles. The fourth-order valence-electron chi connectivity index (χ4n) is 7.33. The number of aromatic hydroxyl groups is 1. The third-order valence-corrected chi connectivity index (χ3v) is 13.5. The van der Waals surface area contributed by atoms with Gasteiger partial charge in [0.1, 0.15) is 27.0 Å². The molecule has 8 rings (SSSR count). The number of amides is 1. The maximum absolute atomic E-state index is 13.3. The normalized spacial score (nSPS) is 11.9. The summed E-state index contributed by atoms with van der Waals surface area (Å²) in [4.78, 5) is 16.2. The summed E-state index contributed by atoms with van der Waals surface area (Å²) in [5.74, 6) is -1.33. The van der Waals surface area contributed by atoms with Crippen molar-refractivity contribution in [1.82, 2.24) is 0 Å². The molecule has 18 nitrogen and oxygen atoms in total. The van der Waals surface area contributed by atoms with Gasteiger partial charge in [-0.05, 0) is 108 Å². The number of nitrogens with zero attached hydrogens (tertiary/aromatic N) is 5. The van der Waals surface area contributed by atoms with Crippen molar-refractivity contribution in [2.24, 2.45) is 25.4 Å². The molecular formula is C50H38CaCl2N6O12S2. The molecule has 0 aliphatic rings. The number of hydrogen-bond acceptors (Lipinski definition) is 15. The second-order valence-electron chi connectivity index (χ2n) is 15.5. The van der Waals surface area contributed by atoms with Gasteiger partial charge in [0.15, 0.2) is 5.75 Å². The Kier molecular flexibility index (Phi) is 17.8. The van der Waals surface area contributed by atoms with Crippen LogP contribution in [0.5, 0.6) is 23.0 Å². The van der Waals surface area contributed by atoms with E-state index in [0.29, 0.717) is 44.4 Å². The molecule has 0 bridgehead atoms. The predicted molar refractivity (Wildman–Crippen MR) is 275 cm³/mol. The molecule has 368 valence electrons. The van der Waals surface area contributed by atoms with E-state index in [9.17, 15) is 46.1 Å². The van der Waals surface area contributed by atoms with Crippen LogP contribution >= 0.6 is 23.2 Å². The molecular weight excluding hydrogens is 1050 g/mol. The molecule has 1 amide bonds. The van der Waals surface area contributed by atoms with E-state index >= 15 is 0 Å². The molecule has 0 fully saturated rings. The number of halogens is 2. The molecule has 0 heterocycles. The topological polar surface area (TPSA) is 284 Å². The van der Waals surface area contributed by atoms with Crippen LogP contribution in [0.1, 0.15) is 27.0 Å². The third-order valence-electron chi connectivity index (χ3n) is 10.5. The van der Waals surface area contributed by atoms with Gasteiger partial charge in [-0.1, -0.05) is 89.6 Å². The van der Waals surface area contributed by atoms with Gasteiger partial charge in [0.2, 0.25) is 0 Å². The fourth-order valence-corrected chi connectivity index (χ4v) is 9.97. The Morgan fingerprint density at radius 3 is 1.60 bits per heavy atom. The Hall–Kier alpha value is -6.72. The number of rotatable bonds is 12. The molecule has 0 aromatic heterocycles. The van der Waals surface area contributed by atoms with Crippen LogP contribution in [-0.2, 0) is 20.2 Å². The largest absolute Gasteiger partial charge is 2.00 e. The van der Waals surface area contributed by atoms with Crippen molar-refractivity contribution in [2.45, 2.75) is 23.6 Å². The first-order valence-electron chi connectivity index (χ1n) is 20.9. The minimum Gasteiger partial charge on any atom is -0.871 e. The van der Waals surface area contributed by atoms with Crippen LogP contribution < -0.4 is 25.0 Å². The molecule has 0 spiro atoms. The maximum Gasteiger partial charge on any atom is 2.00 e. The first kappa shape index (κ1) is 55.6. The summed E-state index contributed by atoms with van der Waals surface area (Å²) in [6, 6.07) is 35.3. The Labute approximate surface area is 457 Å². The Bertz CT molecular complexity index is 3740. The van der Waals surface area contributed by atoms with Gasteiger partial charge in [-0.25, -0.2) is 0 Å². The monoisotopic (exact) mass is 1090 g/mol. The van der Waals surface area contributed by atoms with Crippen molar-refractivity contribution >= 4 is 149 Å². The number of phenolic OH excluding ortho intramolecular Hbond substituents is 1. The van der Waals surface area contributed by atoms with E-state index in [1.54, 1.807) is 103 Å². The average Bonchev–Trinajstić information content (AvgIpc) is 3.32. The van der Waals surface area contributed by atoms with E-state index in [2.05, 4.69) is 30.8 Å². The Morgan fingerprint density at radius 2 is 1.08 bits per heavy atom. The molecule has 23 heteroatoms. The number of fused-ring (bicyclic) bond motifs is 2. The van der Waals surface area contributed by atoms with Gasteiger partial charge in [0, 0.05) is 28.6 Å². The number of methoxy groups -OCH3 is 2. The van der Waals surface area contributed by atoms with Crippen molar-refractivity contribution in [2.75, 3.05) is 19.5 Å².